The Morgan fingerprint density at radius 2 is 1.64 bits per heavy atom. The molecule has 0 amide bonds. The van der Waals surface area contributed by atoms with Gasteiger partial charge in [-0.3, -0.25) is 0 Å². The minimum atomic E-state index is 0.827. The van der Waals surface area contributed by atoms with Crippen LogP contribution in [0.15, 0.2) is 0 Å². The zero-order chi connectivity index (χ0) is 10.7. The maximum absolute atomic E-state index is 2.35. The highest BCUT2D eigenvalue weighted by molar-refractivity contribution is 7.12. The molecule has 1 heteroatoms. The summed E-state index contributed by atoms with van der Waals surface area (Å²) in [6.07, 6.45) is 3.76. The minimum Gasteiger partial charge on any atom is -0.145 e. The normalized spacial score (nSPS) is 13.2. The first-order chi connectivity index (χ1) is 6.60. The van der Waals surface area contributed by atoms with Crippen LogP contribution in [0.2, 0.25) is 0 Å². The molecule has 1 unspecified atom stereocenters. The fraction of sp³-hybridized carbons (Fsp3) is 0.692. The predicted octanol–water partition coefficient (Wildman–Crippen LogP) is 4.52. The summed E-state index contributed by atoms with van der Waals surface area (Å²) in [7, 11) is 0. The van der Waals surface area contributed by atoms with Crippen LogP contribution >= 0.6 is 11.3 Å². The van der Waals surface area contributed by atoms with Gasteiger partial charge in [0.1, 0.15) is 0 Å². The zero-order valence-electron chi connectivity index (χ0n) is 10.1. The van der Waals surface area contributed by atoms with E-state index in [1.807, 2.05) is 11.3 Å². The summed E-state index contributed by atoms with van der Waals surface area (Å²) in [6, 6.07) is 0. The second-order valence-electron chi connectivity index (χ2n) is 4.24. The highest BCUT2D eigenvalue weighted by Crippen LogP contribution is 2.30. The molecule has 1 aromatic rings. The van der Waals surface area contributed by atoms with E-state index in [-0.39, 0.29) is 0 Å². The second-order valence-corrected chi connectivity index (χ2v) is 5.67. The lowest BCUT2D eigenvalue weighted by molar-refractivity contribution is 0.557. The summed E-state index contributed by atoms with van der Waals surface area (Å²) in [4.78, 5) is 3.07. The fourth-order valence-electron chi connectivity index (χ4n) is 2.00. The Morgan fingerprint density at radius 1 is 1.07 bits per heavy atom. The molecule has 0 aromatic carbocycles. The molecule has 0 saturated carbocycles. The van der Waals surface area contributed by atoms with Crippen LogP contribution < -0.4 is 0 Å². The van der Waals surface area contributed by atoms with E-state index in [0.29, 0.717) is 0 Å². The Hall–Kier alpha value is -0.300. The highest BCUT2D eigenvalue weighted by atomic mass is 32.1. The van der Waals surface area contributed by atoms with Crippen molar-refractivity contribution in [2.75, 3.05) is 0 Å². The van der Waals surface area contributed by atoms with Crippen LogP contribution in [0.3, 0.4) is 0 Å². The molecule has 0 radical (unpaired) electrons. The highest BCUT2D eigenvalue weighted by Gasteiger charge is 2.13. The van der Waals surface area contributed by atoms with E-state index >= 15 is 0 Å². The smallest absolute Gasteiger partial charge is 0.00519 e. The van der Waals surface area contributed by atoms with Crippen molar-refractivity contribution in [3.63, 3.8) is 0 Å². The summed E-state index contributed by atoms with van der Waals surface area (Å²) in [6.45, 7) is 11.4. The van der Waals surface area contributed by atoms with Gasteiger partial charge in [-0.25, -0.2) is 0 Å². The zero-order valence-corrected chi connectivity index (χ0v) is 10.9. The lowest BCUT2D eigenvalue weighted by Crippen LogP contribution is -2.00. The van der Waals surface area contributed by atoms with Crippen LogP contribution in [0.5, 0.6) is 0 Å². The van der Waals surface area contributed by atoms with Crippen LogP contribution in [0.25, 0.3) is 0 Å². The first-order valence-electron chi connectivity index (χ1n) is 5.67. The summed E-state index contributed by atoms with van der Waals surface area (Å²) in [5.41, 5.74) is 3.26. The van der Waals surface area contributed by atoms with Gasteiger partial charge in [0, 0.05) is 9.75 Å². The van der Waals surface area contributed by atoms with Gasteiger partial charge in [-0.2, -0.15) is 0 Å². The molecular weight excluding hydrogens is 188 g/mol. The topological polar surface area (TPSA) is 0 Å². The summed E-state index contributed by atoms with van der Waals surface area (Å²) in [5.74, 6) is 0.827. The van der Waals surface area contributed by atoms with Gasteiger partial charge in [0.2, 0.25) is 0 Å². The van der Waals surface area contributed by atoms with Gasteiger partial charge in [0.05, 0.1) is 0 Å². The van der Waals surface area contributed by atoms with Gasteiger partial charge >= 0.3 is 0 Å². The van der Waals surface area contributed by atoms with Crippen molar-refractivity contribution < 1.29 is 0 Å². The lowest BCUT2D eigenvalue weighted by Gasteiger charge is -2.10. The molecule has 1 aromatic heterocycles. The van der Waals surface area contributed by atoms with Crippen LogP contribution in [0.4, 0.5) is 0 Å². The largest absolute Gasteiger partial charge is 0.145 e. The standard InChI is InChI=1S/C13H22S/c1-6-9(3)8-13-11(5)14-10(4)12(13)7-2/h9H,6-8H2,1-5H3. The molecule has 1 heterocycles. The molecule has 0 bridgehead atoms. The van der Waals surface area contributed by atoms with Crippen LogP contribution in [0.1, 0.15) is 48.1 Å². The van der Waals surface area contributed by atoms with Gasteiger partial charge in [-0.15, -0.1) is 11.3 Å². The molecule has 14 heavy (non-hydrogen) atoms. The van der Waals surface area contributed by atoms with Crippen LogP contribution in [-0.2, 0) is 12.8 Å². The average molecular weight is 210 g/mol. The molecule has 0 spiro atoms. The Kier molecular flexibility index (Phi) is 4.18. The van der Waals surface area contributed by atoms with Crippen LogP contribution in [0, 0.1) is 19.8 Å². The predicted molar refractivity (Wildman–Crippen MR) is 66.3 cm³/mol. The Morgan fingerprint density at radius 3 is 2.14 bits per heavy atom. The number of aryl methyl sites for hydroxylation is 2. The molecule has 0 N–H and O–H groups in total. The molecular formula is C13H22S. The molecule has 0 aliphatic rings. The van der Waals surface area contributed by atoms with Gasteiger partial charge in [-0.1, -0.05) is 27.2 Å². The van der Waals surface area contributed by atoms with E-state index in [1.165, 1.54) is 24.1 Å². The fourth-order valence-corrected chi connectivity index (χ4v) is 3.18. The van der Waals surface area contributed by atoms with E-state index in [0.717, 1.165) is 5.92 Å². The quantitative estimate of drug-likeness (QED) is 0.685. The SMILES string of the molecule is CCc1c(C)sc(C)c1CC(C)CC. The van der Waals surface area contributed by atoms with Gasteiger partial charge in [0.25, 0.3) is 0 Å². The third-order valence-corrected chi connectivity index (χ3v) is 4.23. The third-order valence-electron chi connectivity index (χ3n) is 3.12. The van der Waals surface area contributed by atoms with E-state index in [4.69, 9.17) is 0 Å². The summed E-state index contributed by atoms with van der Waals surface area (Å²) < 4.78 is 0. The summed E-state index contributed by atoms with van der Waals surface area (Å²) in [5, 5.41) is 0. The Balaban J connectivity index is 2.94. The van der Waals surface area contributed by atoms with Crippen molar-refractivity contribution in [2.45, 2.75) is 53.9 Å². The first kappa shape index (κ1) is 11.8. The van der Waals surface area contributed by atoms with E-state index < -0.39 is 0 Å². The van der Waals surface area contributed by atoms with Crippen molar-refractivity contribution in [1.82, 2.24) is 0 Å². The lowest BCUT2D eigenvalue weighted by atomic mass is 9.95. The number of hydrogen-bond acceptors (Lipinski definition) is 1. The average Bonchev–Trinajstić information content (AvgIpc) is 2.41. The minimum absolute atomic E-state index is 0.827. The second kappa shape index (κ2) is 4.97. The van der Waals surface area contributed by atoms with Gasteiger partial charge < -0.3 is 0 Å². The molecule has 0 aliphatic carbocycles. The van der Waals surface area contributed by atoms with Crippen molar-refractivity contribution >= 4 is 11.3 Å². The molecule has 0 saturated heterocycles. The molecule has 1 atom stereocenters. The van der Waals surface area contributed by atoms with E-state index in [9.17, 15) is 0 Å². The first-order valence-corrected chi connectivity index (χ1v) is 6.49. The van der Waals surface area contributed by atoms with Crippen LogP contribution in [-0.4, -0.2) is 0 Å². The maximum atomic E-state index is 2.35. The number of thiophene rings is 1. The van der Waals surface area contributed by atoms with Crippen molar-refractivity contribution in [3.05, 3.63) is 20.9 Å². The van der Waals surface area contributed by atoms with E-state index in [1.54, 1.807) is 16.0 Å². The Labute approximate surface area is 92.4 Å². The monoisotopic (exact) mass is 210 g/mol. The van der Waals surface area contributed by atoms with Gasteiger partial charge in [-0.05, 0) is 43.7 Å². The third kappa shape index (κ3) is 2.38. The number of rotatable bonds is 4. The molecule has 0 fully saturated rings. The summed E-state index contributed by atoms with van der Waals surface area (Å²) >= 11 is 1.97. The van der Waals surface area contributed by atoms with Crippen molar-refractivity contribution in [2.24, 2.45) is 5.92 Å². The molecule has 1 rings (SSSR count). The van der Waals surface area contributed by atoms with E-state index in [2.05, 4.69) is 34.6 Å². The maximum Gasteiger partial charge on any atom is 0.00519 e. The molecule has 0 aliphatic heterocycles. The molecule has 0 nitrogen and oxygen atoms in total. The molecule has 80 valence electrons. The van der Waals surface area contributed by atoms with Crippen molar-refractivity contribution in [1.29, 1.82) is 0 Å². The number of hydrogen-bond donors (Lipinski definition) is 0. The van der Waals surface area contributed by atoms with Gasteiger partial charge in [0.15, 0.2) is 0 Å². The van der Waals surface area contributed by atoms with Crippen molar-refractivity contribution in [3.8, 4) is 0 Å². The Bertz CT molecular complexity index is 296.